The Bertz CT molecular complexity index is 370. The first-order valence-corrected chi connectivity index (χ1v) is 7.20. The van der Waals surface area contributed by atoms with Crippen molar-refractivity contribution in [1.29, 1.82) is 0 Å². The second kappa shape index (κ2) is 8.30. The fraction of sp³-hybridized carbons (Fsp3) is 0.625. The van der Waals surface area contributed by atoms with Gasteiger partial charge in [-0.15, -0.1) is 0 Å². The van der Waals surface area contributed by atoms with Crippen LogP contribution in [0.1, 0.15) is 56.6 Å². The predicted molar refractivity (Wildman–Crippen MR) is 74.8 cm³/mol. The van der Waals surface area contributed by atoms with Gasteiger partial charge in [0, 0.05) is 13.2 Å². The van der Waals surface area contributed by atoms with Gasteiger partial charge >= 0.3 is 6.18 Å². The van der Waals surface area contributed by atoms with E-state index in [4.69, 9.17) is 4.74 Å². The average molecular weight is 288 g/mol. The van der Waals surface area contributed by atoms with Crippen molar-refractivity contribution in [1.82, 2.24) is 0 Å². The number of halogens is 3. The van der Waals surface area contributed by atoms with Gasteiger partial charge in [-0.05, 0) is 42.9 Å². The van der Waals surface area contributed by atoms with Crippen molar-refractivity contribution in [3.05, 3.63) is 35.4 Å². The maximum Gasteiger partial charge on any atom is 0.416 e. The van der Waals surface area contributed by atoms with Crippen LogP contribution >= 0.6 is 0 Å². The second-order valence-corrected chi connectivity index (χ2v) is 5.13. The molecule has 0 bridgehead atoms. The first kappa shape index (κ1) is 17.0. The summed E-state index contributed by atoms with van der Waals surface area (Å²) < 4.78 is 42.8. The zero-order valence-corrected chi connectivity index (χ0v) is 12.2. The molecule has 114 valence electrons. The lowest BCUT2D eigenvalue weighted by Crippen LogP contribution is -2.05. The molecule has 0 aliphatic carbocycles. The predicted octanol–water partition coefficient (Wildman–Crippen LogP) is 5.41. The first-order valence-electron chi connectivity index (χ1n) is 7.20. The zero-order chi connectivity index (χ0) is 15.0. The van der Waals surface area contributed by atoms with Crippen LogP contribution in [0.2, 0.25) is 0 Å². The average Bonchev–Trinajstić information content (AvgIpc) is 2.41. The van der Waals surface area contributed by atoms with Crippen LogP contribution in [0.15, 0.2) is 24.3 Å². The second-order valence-electron chi connectivity index (χ2n) is 5.13. The maximum atomic E-state index is 12.5. The first-order chi connectivity index (χ1) is 9.45. The van der Waals surface area contributed by atoms with Crippen LogP contribution in [0.5, 0.6) is 0 Å². The molecule has 0 saturated heterocycles. The Kier molecular flexibility index (Phi) is 7.06. The molecule has 0 radical (unpaired) electrons. The summed E-state index contributed by atoms with van der Waals surface area (Å²) in [4.78, 5) is 0. The van der Waals surface area contributed by atoms with E-state index in [9.17, 15) is 13.2 Å². The molecular weight excluding hydrogens is 265 g/mol. The summed E-state index contributed by atoms with van der Waals surface area (Å²) in [7, 11) is 0. The molecule has 0 aliphatic heterocycles. The number of rotatable bonds is 8. The lowest BCUT2D eigenvalue weighted by atomic mass is 9.95. The van der Waals surface area contributed by atoms with E-state index in [1.807, 2.05) is 6.92 Å². The van der Waals surface area contributed by atoms with E-state index in [-0.39, 0.29) is 5.92 Å². The van der Waals surface area contributed by atoms with E-state index in [0.717, 1.165) is 56.6 Å². The van der Waals surface area contributed by atoms with Crippen molar-refractivity contribution in [3.8, 4) is 0 Å². The van der Waals surface area contributed by atoms with Gasteiger partial charge < -0.3 is 4.74 Å². The number of unbranched alkanes of at least 4 members (excludes halogenated alkanes) is 1. The molecule has 1 rings (SSSR count). The maximum absolute atomic E-state index is 12.5. The Morgan fingerprint density at radius 1 is 1.05 bits per heavy atom. The number of hydrogen-bond acceptors (Lipinski definition) is 1. The van der Waals surface area contributed by atoms with E-state index in [0.29, 0.717) is 0 Å². The third-order valence-corrected chi connectivity index (χ3v) is 3.38. The molecule has 1 aromatic rings. The van der Waals surface area contributed by atoms with Gasteiger partial charge in [0.15, 0.2) is 0 Å². The highest BCUT2D eigenvalue weighted by Gasteiger charge is 2.30. The Morgan fingerprint density at radius 2 is 1.65 bits per heavy atom. The van der Waals surface area contributed by atoms with Crippen LogP contribution in [0, 0.1) is 0 Å². The van der Waals surface area contributed by atoms with Crippen LogP contribution in [-0.2, 0) is 10.9 Å². The SMILES string of the molecule is CCCCOCCCC(C)c1ccc(C(F)(F)F)cc1. The molecule has 0 fully saturated rings. The third kappa shape index (κ3) is 5.95. The molecule has 0 spiro atoms. The highest BCUT2D eigenvalue weighted by atomic mass is 19.4. The van der Waals surface area contributed by atoms with Crippen molar-refractivity contribution in [2.45, 2.75) is 51.6 Å². The van der Waals surface area contributed by atoms with Gasteiger partial charge in [0.1, 0.15) is 0 Å². The zero-order valence-electron chi connectivity index (χ0n) is 12.2. The molecule has 0 aromatic heterocycles. The fourth-order valence-electron chi connectivity index (χ4n) is 2.01. The standard InChI is InChI=1S/C16H23F3O/c1-3-4-11-20-12-5-6-13(2)14-7-9-15(10-8-14)16(17,18)19/h7-10,13H,3-6,11-12H2,1-2H3. The van der Waals surface area contributed by atoms with Gasteiger partial charge in [0.2, 0.25) is 0 Å². The van der Waals surface area contributed by atoms with Gasteiger partial charge in [-0.3, -0.25) is 0 Å². The number of hydrogen-bond donors (Lipinski definition) is 0. The number of benzene rings is 1. The molecule has 4 heteroatoms. The van der Waals surface area contributed by atoms with Gasteiger partial charge in [0.25, 0.3) is 0 Å². The largest absolute Gasteiger partial charge is 0.416 e. The number of alkyl halides is 3. The molecular formula is C16H23F3O. The van der Waals surface area contributed by atoms with Crippen molar-refractivity contribution in [2.24, 2.45) is 0 Å². The van der Waals surface area contributed by atoms with E-state index >= 15 is 0 Å². The summed E-state index contributed by atoms with van der Waals surface area (Å²) in [6.45, 7) is 5.68. The van der Waals surface area contributed by atoms with E-state index in [1.54, 1.807) is 12.1 Å². The molecule has 1 atom stereocenters. The summed E-state index contributed by atoms with van der Waals surface area (Å²) in [5, 5.41) is 0. The molecule has 1 nitrogen and oxygen atoms in total. The normalized spacial score (nSPS) is 13.4. The summed E-state index contributed by atoms with van der Waals surface area (Å²) in [5.41, 5.74) is 0.364. The van der Waals surface area contributed by atoms with Crippen LogP contribution < -0.4 is 0 Å². The molecule has 20 heavy (non-hydrogen) atoms. The molecule has 0 N–H and O–H groups in total. The molecule has 0 amide bonds. The number of ether oxygens (including phenoxy) is 1. The van der Waals surface area contributed by atoms with Crippen LogP contribution in [-0.4, -0.2) is 13.2 Å². The van der Waals surface area contributed by atoms with Crippen LogP contribution in [0.3, 0.4) is 0 Å². The van der Waals surface area contributed by atoms with E-state index in [2.05, 4.69) is 6.92 Å². The molecule has 0 saturated carbocycles. The summed E-state index contributed by atoms with van der Waals surface area (Å²) >= 11 is 0. The lowest BCUT2D eigenvalue weighted by Gasteiger charge is -2.13. The van der Waals surface area contributed by atoms with Crippen molar-refractivity contribution >= 4 is 0 Å². The smallest absolute Gasteiger partial charge is 0.381 e. The molecule has 0 aliphatic rings. The third-order valence-electron chi connectivity index (χ3n) is 3.38. The lowest BCUT2D eigenvalue weighted by molar-refractivity contribution is -0.137. The minimum atomic E-state index is -4.26. The van der Waals surface area contributed by atoms with Crippen molar-refractivity contribution in [2.75, 3.05) is 13.2 Å². The molecule has 1 unspecified atom stereocenters. The summed E-state index contributed by atoms with van der Waals surface area (Å²) in [6, 6.07) is 5.46. The van der Waals surface area contributed by atoms with E-state index < -0.39 is 11.7 Å². The summed E-state index contributed by atoms with van der Waals surface area (Å²) in [6.07, 6.45) is -0.186. The van der Waals surface area contributed by atoms with E-state index in [1.165, 1.54) is 0 Å². The molecule has 0 heterocycles. The minimum Gasteiger partial charge on any atom is -0.381 e. The summed E-state index contributed by atoms with van der Waals surface area (Å²) in [5.74, 6) is 0.257. The molecule has 1 aromatic carbocycles. The van der Waals surface area contributed by atoms with Gasteiger partial charge in [-0.2, -0.15) is 13.2 Å². The Labute approximate surface area is 119 Å². The van der Waals surface area contributed by atoms with Crippen LogP contribution in [0.4, 0.5) is 13.2 Å². The minimum absolute atomic E-state index is 0.257. The van der Waals surface area contributed by atoms with Crippen LogP contribution in [0.25, 0.3) is 0 Å². The topological polar surface area (TPSA) is 9.23 Å². The Morgan fingerprint density at radius 3 is 2.20 bits per heavy atom. The fourth-order valence-corrected chi connectivity index (χ4v) is 2.01. The van der Waals surface area contributed by atoms with Crippen molar-refractivity contribution in [3.63, 3.8) is 0 Å². The highest BCUT2D eigenvalue weighted by Crippen LogP contribution is 2.30. The quantitative estimate of drug-likeness (QED) is 0.581. The van der Waals surface area contributed by atoms with Gasteiger partial charge in [-0.1, -0.05) is 32.4 Å². The van der Waals surface area contributed by atoms with Crippen molar-refractivity contribution < 1.29 is 17.9 Å². The Balaban J connectivity index is 2.34. The Hall–Kier alpha value is -1.03. The monoisotopic (exact) mass is 288 g/mol. The van der Waals surface area contributed by atoms with Gasteiger partial charge in [-0.25, -0.2) is 0 Å². The highest BCUT2D eigenvalue weighted by molar-refractivity contribution is 5.26. The van der Waals surface area contributed by atoms with Gasteiger partial charge in [0.05, 0.1) is 5.56 Å².